The lowest BCUT2D eigenvalue weighted by Crippen LogP contribution is -2.50. The van der Waals surface area contributed by atoms with Gasteiger partial charge in [-0.1, -0.05) is 6.92 Å². The van der Waals surface area contributed by atoms with Crippen LogP contribution in [0.5, 0.6) is 0 Å². The van der Waals surface area contributed by atoms with Crippen molar-refractivity contribution in [3.8, 4) is 0 Å². The molecule has 1 aliphatic rings. The minimum absolute atomic E-state index is 0.0576. The molecule has 0 spiro atoms. The number of hydrogen-bond donors (Lipinski definition) is 1. The molecule has 7 nitrogen and oxygen atoms in total. The Bertz CT molecular complexity index is 878. The quantitative estimate of drug-likeness (QED) is 0.493. The predicted molar refractivity (Wildman–Crippen MR) is 91.2 cm³/mol. The van der Waals surface area contributed by atoms with Gasteiger partial charge in [-0.05, 0) is 19.0 Å². The van der Waals surface area contributed by atoms with Crippen molar-refractivity contribution in [3.05, 3.63) is 40.0 Å². The first kappa shape index (κ1) is 19.2. The van der Waals surface area contributed by atoms with Crippen LogP contribution in [0, 0.1) is 10.4 Å². The summed E-state index contributed by atoms with van der Waals surface area (Å²) in [7, 11) is 0. The second kappa shape index (κ2) is 7.18. The number of Topliss-reactive ketones (excluding diaryl/α,β-unsaturated/α-hetero) is 1. The van der Waals surface area contributed by atoms with Crippen LogP contribution in [0.3, 0.4) is 0 Å². The molecule has 0 saturated carbocycles. The number of carbonyl (C=O) groups is 1. The van der Waals surface area contributed by atoms with Crippen LogP contribution in [-0.2, 0) is 6.18 Å². The van der Waals surface area contributed by atoms with E-state index in [1.165, 1.54) is 25.1 Å². The summed E-state index contributed by atoms with van der Waals surface area (Å²) in [6, 6.07) is 4.08. The molecular weight excluding hydrogens is 365 g/mol. The Morgan fingerprint density at radius 1 is 1.19 bits per heavy atom. The van der Waals surface area contributed by atoms with Crippen molar-refractivity contribution >= 4 is 22.5 Å². The minimum Gasteiger partial charge on any atom is -0.618 e. The SMILES string of the molecule is CCC(=O)c1c(C(F)(F)F)[n+]([O-])c2ccc(N3CCCNCC3)cc2[n+]1[O-]. The number of fused-ring (bicyclic) bond motifs is 1. The lowest BCUT2D eigenvalue weighted by molar-refractivity contribution is -0.647. The van der Waals surface area contributed by atoms with E-state index >= 15 is 0 Å². The molecule has 2 aromatic rings. The summed E-state index contributed by atoms with van der Waals surface area (Å²) in [5.74, 6) is -1.03. The zero-order valence-corrected chi connectivity index (χ0v) is 14.7. The van der Waals surface area contributed by atoms with Crippen LogP contribution in [-0.4, -0.2) is 32.0 Å². The number of ketones is 1. The fourth-order valence-corrected chi connectivity index (χ4v) is 3.24. The first-order valence-corrected chi connectivity index (χ1v) is 8.64. The van der Waals surface area contributed by atoms with Crippen molar-refractivity contribution < 1.29 is 27.4 Å². The molecule has 0 bridgehead atoms. The molecule has 0 amide bonds. The first-order chi connectivity index (χ1) is 12.8. The third-order valence-electron chi connectivity index (χ3n) is 4.59. The van der Waals surface area contributed by atoms with E-state index in [1.54, 1.807) is 0 Å². The monoisotopic (exact) mass is 384 g/mol. The van der Waals surface area contributed by atoms with E-state index in [4.69, 9.17) is 0 Å². The fraction of sp³-hybridized carbons (Fsp3) is 0.471. The third-order valence-corrected chi connectivity index (χ3v) is 4.59. The highest BCUT2D eigenvalue weighted by atomic mass is 19.4. The number of aromatic nitrogens is 2. The lowest BCUT2D eigenvalue weighted by atomic mass is 10.1. The number of nitrogens with zero attached hydrogens (tertiary/aromatic N) is 3. The van der Waals surface area contributed by atoms with Crippen LogP contribution in [0.2, 0.25) is 0 Å². The van der Waals surface area contributed by atoms with E-state index < -0.39 is 28.9 Å². The highest BCUT2D eigenvalue weighted by molar-refractivity contribution is 5.94. The summed E-state index contributed by atoms with van der Waals surface area (Å²) in [6.45, 7) is 4.27. The summed E-state index contributed by atoms with van der Waals surface area (Å²) in [4.78, 5) is 14.0. The van der Waals surface area contributed by atoms with E-state index in [-0.39, 0.29) is 21.4 Å². The molecule has 146 valence electrons. The Hall–Kier alpha value is -2.62. The molecule has 1 N–H and O–H groups in total. The van der Waals surface area contributed by atoms with E-state index in [0.717, 1.165) is 19.5 Å². The van der Waals surface area contributed by atoms with Gasteiger partial charge in [0.1, 0.15) is 0 Å². The van der Waals surface area contributed by atoms with Gasteiger partial charge in [0.15, 0.2) is 0 Å². The van der Waals surface area contributed by atoms with Gasteiger partial charge in [0.05, 0.1) is 0 Å². The minimum atomic E-state index is -5.13. The maximum Gasteiger partial charge on any atom is 0.486 e. The van der Waals surface area contributed by atoms with Crippen molar-refractivity contribution in [2.24, 2.45) is 0 Å². The first-order valence-electron chi connectivity index (χ1n) is 8.64. The number of benzene rings is 1. The molecule has 0 radical (unpaired) electrons. The molecule has 1 aromatic carbocycles. The Labute approximate surface area is 153 Å². The summed E-state index contributed by atoms with van der Waals surface area (Å²) in [6.07, 6.45) is -4.59. The zero-order chi connectivity index (χ0) is 19.8. The van der Waals surface area contributed by atoms with Gasteiger partial charge in [0.2, 0.25) is 5.78 Å². The second-order valence-corrected chi connectivity index (χ2v) is 6.32. The molecule has 27 heavy (non-hydrogen) atoms. The van der Waals surface area contributed by atoms with Crippen molar-refractivity contribution in [1.82, 2.24) is 5.32 Å². The molecular formula is C17H19F3N4O3. The van der Waals surface area contributed by atoms with Crippen LogP contribution >= 0.6 is 0 Å². The molecule has 1 fully saturated rings. The van der Waals surface area contributed by atoms with Gasteiger partial charge in [-0.15, -0.1) is 4.73 Å². The smallest absolute Gasteiger partial charge is 0.486 e. The molecule has 0 atom stereocenters. The largest absolute Gasteiger partial charge is 0.618 e. The summed E-state index contributed by atoms with van der Waals surface area (Å²) >= 11 is 0. The van der Waals surface area contributed by atoms with Crippen LogP contribution in [0.15, 0.2) is 18.2 Å². The van der Waals surface area contributed by atoms with Gasteiger partial charge in [-0.3, -0.25) is 4.79 Å². The molecule has 0 aliphatic carbocycles. The number of hydrogen-bond acceptors (Lipinski definition) is 5. The van der Waals surface area contributed by atoms with Crippen LogP contribution < -0.4 is 19.7 Å². The van der Waals surface area contributed by atoms with Gasteiger partial charge in [0, 0.05) is 43.9 Å². The Morgan fingerprint density at radius 2 is 1.93 bits per heavy atom. The lowest BCUT2D eigenvalue weighted by Gasteiger charge is -2.22. The summed E-state index contributed by atoms with van der Waals surface area (Å²) in [5, 5.41) is 28.3. The molecule has 3 rings (SSSR count). The number of rotatable bonds is 3. The normalized spacial score (nSPS) is 15.8. The van der Waals surface area contributed by atoms with Crippen molar-refractivity contribution in [3.63, 3.8) is 0 Å². The van der Waals surface area contributed by atoms with Gasteiger partial charge in [-0.25, -0.2) is 0 Å². The molecule has 1 aromatic heterocycles. The zero-order valence-electron chi connectivity index (χ0n) is 14.7. The predicted octanol–water partition coefficient (Wildman–Crippen LogP) is 1.52. The van der Waals surface area contributed by atoms with Crippen molar-refractivity contribution in [1.29, 1.82) is 0 Å². The molecule has 2 heterocycles. The van der Waals surface area contributed by atoms with Crippen molar-refractivity contribution in [2.75, 3.05) is 31.1 Å². The van der Waals surface area contributed by atoms with Gasteiger partial charge < -0.3 is 20.6 Å². The molecule has 10 heteroatoms. The highest BCUT2D eigenvalue weighted by Gasteiger charge is 2.50. The second-order valence-electron chi connectivity index (χ2n) is 6.32. The Morgan fingerprint density at radius 3 is 2.59 bits per heavy atom. The van der Waals surface area contributed by atoms with E-state index in [1.807, 2.05) is 4.90 Å². The van der Waals surface area contributed by atoms with Gasteiger partial charge in [-0.2, -0.15) is 17.9 Å². The maximum absolute atomic E-state index is 13.4. The van der Waals surface area contributed by atoms with Crippen LogP contribution in [0.4, 0.5) is 18.9 Å². The van der Waals surface area contributed by atoms with E-state index in [0.29, 0.717) is 18.8 Å². The molecule has 0 unspecified atom stereocenters. The maximum atomic E-state index is 13.4. The molecule has 1 aliphatic heterocycles. The summed E-state index contributed by atoms with van der Waals surface area (Å²) in [5.41, 5.74) is -3.01. The van der Waals surface area contributed by atoms with Crippen LogP contribution in [0.25, 0.3) is 11.0 Å². The summed E-state index contributed by atoms with van der Waals surface area (Å²) < 4.78 is 39.7. The third kappa shape index (κ3) is 3.48. The highest BCUT2D eigenvalue weighted by Crippen LogP contribution is 2.30. The fourth-order valence-electron chi connectivity index (χ4n) is 3.24. The van der Waals surface area contributed by atoms with Gasteiger partial charge >= 0.3 is 17.6 Å². The molecule has 1 saturated heterocycles. The van der Waals surface area contributed by atoms with E-state index in [2.05, 4.69) is 5.32 Å². The van der Waals surface area contributed by atoms with Gasteiger partial charge in [0.25, 0.3) is 11.0 Å². The number of carbonyl (C=O) groups excluding carboxylic acids is 1. The number of halogens is 3. The number of alkyl halides is 3. The standard InChI is InChI=1S/C17H19F3N4O3/c1-2-14(25)15-16(17(18,19)20)24(27)12-5-4-11(10-13(12)23(15)26)22-8-3-6-21-7-9-22/h4-5,10,21H,2-3,6-9H2,1H3. The van der Waals surface area contributed by atoms with Crippen LogP contribution in [0.1, 0.15) is 35.9 Å². The van der Waals surface area contributed by atoms with Crippen molar-refractivity contribution in [2.45, 2.75) is 25.9 Å². The average molecular weight is 384 g/mol. The number of nitrogens with one attached hydrogen (secondary N) is 1. The topological polar surface area (TPSA) is 86.2 Å². The average Bonchev–Trinajstić information content (AvgIpc) is 2.91. The Kier molecular flexibility index (Phi) is 5.09. The Balaban J connectivity index is 2.25. The number of anilines is 1. The van der Waals surface area contributed by atoms with E-state index in [9.17, 15) is 28.4 Å².